The smallest absolute Gasteiger partial charge is 0.192 e. The highest BCUT2D eigenvalue weighted by molar-refractivity contribution is 6.74. The van der Waals surface area contributed by atoms with E-state index >= 15 is 0 Å². The van der Waals surface area contributed by atoms with E-state index < -0.39 is 8.32 Å². The lowest BCUT2D eigenvalue weighted by molar-refractivity contribution is 0.0250. The largest absolute Gasteiger partial charge is 0.505 e. The van der Waals surface area contributed by atoms with Gasteiger partial charge in [-0.15, -0.1) is 0 Å². The number of hydrogen-bond donors (Lipinski definition) is 0. The number of ether oxygens (including phenoxy) is 1. The minimum absolute atomic E-state index is 0.179. The van der Waals surface area contributed by atoms with Crippen molar-refractivity contribution in [2.24, 2.45) is 17.3 Å². The normalized spacial score (nSPS) is 28.5. The molecule has 3 heteroatoms. The summed E-state index contributed by atoms with van der Waals surface area (Å²) in [4.78, 5) is 0. The van der Waals surface area contributed by atoms with Crippen LogP contribution in [0.1, 0.15) is 67.7 Å². The highest BCUT2D eigenvalue weighted by Gasteiger charge is 2.46. The lowest BCUT2D eigenvalue weighted by Gasteiger charge is -2.50. The Hall–Kier alpha value is -0.543. The van der Waals surface area contributed by atoms with E-state index in [9.17, 15) is 0 Å². The molecule has 25 heavy (non-hydrogen) atoms. The summed E-state index contributed by atoms with van der Waals surface area (Å²) >= 11 is 0. The summed E-state index contributed by atoms with van der Waals surface area (Å²) in [7, 11) is -0.0174. The molecular weight excluding hydrogens is 324 g/mol. The maximum atomic E-state index is 6.73. The first-order chi connectivity index (χ1) is 11.4. The first kappa shape index (κ1) is 22.5. The zero-order chi connectivity index (χ0) is 19.5. The summed E-state index contributed by atoms with van der Waals surface area (Å²) in [5.74, 6) is 1.21. The van der Waals surface area contributed by atoms with Crippen molar-refractivity contribution in [1.82, 2.24) is 0 Å². The maximum absolute atomic E-state index is 6.73. The summed E-state index contributed by atoms with van der Waals surface area (Å²) in [5, 5.41) is 0.256. The van der Waals surface area contributed by atoms with Gasteiger partial charge in [-0.05, 0) is 74.6 Å². The van der Waals surface area contributed by atoms with Crippen LogP contribution in [0.15, 0.2) is 23.5 Å². The molecule has 0 radical (unpaired) electrons. The molecule has 0 bridgehead atoms. The fourth-order valence-corrected chi connectivity index (χ4v) is 4.82. The van der Waals surface area contributed by atoms with Crippen LogP contribution in [0.25, 0.3) is 0 Å². The molecule has 0 aliphatic heterocycles. The lowest BCUT2D eigenvalue weighted by Crippen LogP contribution is -2.48. The molecule has 1 aliphatic rings. The van der Waals surface area contributed by atoms with Gasteiger partial charge in [0.25, 0.3) is 0 Å². The Morgan fingerprint density at radius 1 is 1.28 bits per heavy atom. The first-order valence-electron chi connectivity index (χ1n) is 9.85. The van der Waals surface area contributed by atoms with E-state index in [-0.39, 0.29) is 10.5 Å². The van der Waals surface area contributed by atoms with Crippen molar-refractivity contribution in [3.05, 3.63) is 23.5 Å². The third-order valence-electron chi connectivity index (χ3n) is 6.99. The van der Waals surface area contributed by atoms with Crippen molar-refractivity contribution in [3.8, 4) is 0 Å². The van der Waals surface area contributed by atoms with Gasteiger partial charge in [0.15, 0.2) is 8.32 Å². The lowest BCUT2D eigenvalue weighted by atomic mass is 9.58. The van der Waals surface area contributed by atoms with Gasteiger partial charge in [-0.1, -0.05) is 45.8 Å². The van der Waals surface area contributed by atoms with Crippen molar-refractivity contribution >= 4 is 8.32 Å². The third kappa shape index (κ3) is 5.23. The van der Waals surface area contributed by atoms with E-state index in [1.807, 2.05) is 6.26 Å². The van der Waals surface area contributed by atoms with Crippen LogP contribution >= 0.6 is 0 Å². The third-order valence-corrected chi connectivity index (χ3v) is 11.5. The molecule has 1 saturated carbocycles. The van der Waals surface area contributed by atoms with Gasteiger partial charge in [-0.25, -0.2) is 0 Å². The Morgan fingerprint density at radius 3 is 2.36 bits per heavy atom. The molecular formula is C22H42O2Si. The van der Waals surface area contributed by atoms with E-state index in [1.165, 1.54) is 18.4 Å². The van der Waals surface area contributed by atoms with Crippen molar-refractivity contribution < 1.29 is 9.16 Å². The zero-order valence-corrected chi connectivity index (χ0v) is 19.5. The van der Waals surface area contributed by atoms with Gasteiger partial charge in [0, 0.05) is 6.61 Å². The molecule has 1 aliphatic carbocycles. The minimum Gasteiger partial charge on any atom is -0.505 e. The van der Waals surface area contributed by atoms with Gasteiger partial charge >= 0.3 is 0 Å². The predicted molar refractivity (Wildman–Crippen MR) is 112 cm³/mol. The molecule has 0 aromatic rings. The van der Waals surface area contributed by atoms with Crippen molar-refractivity contribution in [2.75, 3.05) is 13.7 Å². The molecule has 1 fully saturated rings. The number of hydrogen-bond acceptors (Lipinski definition) is 2. The molecule has 0 aromatic carbocycles. The molecule has 0 N–H and O–H groups in total. The molecule has 0 heterocycles. The van der Waals surface area contributed by atoms with E-state index in [4.69, 9.17) is 9.16 Å². The van der Waals surface area contributed by atoms with Crippen LogP contribution in [0.2, 0.25) is 18.1 Å². The van der Waals surface area contributed by atoms with Gasteiger partial charge in [-0.3, -0.25) is 0 Å². The first-order valence-corrected chi connectivity index (χ1v) is 12.8. The van der Waals surface area contributed by atoms with Crippen LogP contribution < -0.4 is 0 Å². The average Bonchev–Trinajstić information content (AvgIpc) is 2.48. The standard InChI is InChI=1S/C22H42O2Si/c1-17(2)19-14-13-18(3)22(7,20(19)12-11-15-23-8)16-24-25(9,10)21(4,5)6/h11,15,18,20H,12-14,16H2,1-10H3/b15-11+/t18-,20-,22-/m0/s1. The summed E-state index contributed by atoms with van der Waals surface area (Å²) in [6, 6.07) is 0. The zero-order valence-electron chi connectivity index (χ0n) is 18.5. The van der Waals surface area contributed by atoms with Crippen LogP contribution in [0.4, 0.5) is 0 Å². The van der Waals surface area contributed by atoms with Gasteiger partial charge < -0.3 is 9.16 Å². The topological polar surface area (TPSA) is 18.5 Å². The van der Waals surface area contributed by atoms with Crippen molar-refractivity contribution in [1.29, 1.82) is 0 Å². The van der Waals surface area contributed by atoms with Crippen LogP contribution in [0, 0.1) is 17.3 Å². The highest BCUT2D eigenvalue weighted by atomic mass is 28.4. The Bertz CT molecular complexity index is 495. The molecule has 0 unspecified atom stereocenters. The van der Waals surface area contributed by atoms with E-state index in [1.54, 1.807) is 12.7 Å². The van der Waals surface area contributed by atoms with Gasteiger partial charge in [-0.2, -0.15) is 0 Å². The Kier molecular flexibility index (Phi) is 7.59. The quantitative estimate of drug-likeness (QED) is 0.288. The second-order valence-electron chi connectivity index (χ2n) is 9.92. The number of rotatable bonds is 6. The second kappa shape index (κ2) is 8.43. The highest BCUT2D eigenvalue weighted by Crippen LogP contribution is 2.51. The van der Waals surface area contributed by atoms with E-state index in [0.29, 0.717) is 11.8 Å². The van der Waals surface area contributed by atoms with E-state index in [0.717, 1.165) is 13.0 Å². The SMILES string of the molecule is CO/C=C/C[C@H]1C(=C(C)C)CC[C@H](C)[C@]1(C)CO[Si](C)(C)C(C)(C)C. The fourth-order valence-electron chi connectivity index (χ4n) is 3.71. The molecule has 2 nitrogen and oxygen atoms in total. The molecule has 0 saturated heterocycles. The Balaban J connectivity index is 3.13. The van der Waals surface area contributed by atoms with Gasteiger partial charge in [0.2, 0.25) is 0 Å². The Labute approximate surface area is 158 Å². The van der Waals surface area contributed by atoms with Gasteiger partial charge in [0.1, 0.15) is 0 Å². The summed E-state index contributed by atoms with van der Waals surface area (Å²) in [6.07, 6.45) is 7.55. The Morgan fingerprint density at radius 2 is 1.88 bits per heavy atom. The van der Waals surface area contributed by atoms with E-state index in [2.05, 4.69) is 67.6 Å². The van der Waals surface area contributed by atoms with Gasteiger partial charge in [0.05, 0.1) is 13.4 Å². The van der Waals surface area contributed by atoms with Crippen LogP contribution in [-0.4, -0.2) is 22.0 Å². The number of allylic oxidation sites excluding steroid dienone is 3. The molecule has 0 amide bonds. The molecule has 0 spiro atoms. The maximum Gasteiger partial charge on any atom is 0.192 e. The monoisotopic (exact) mass is 366 g/mol. The average molecular weight is 367 g/mol. The van der Waals surface area contributed by atoms with Crippen molar-refractivity contribution in [2.45, 2.75) is 85.9 Å². The second-order valence-corrected chi connectivity index (χ2v) is 14.7. The van der Waals surface area contributed by atoms with Crippen LogP contribution in [0.5, 0.6) is 0 Å². The summed E-state index contributed by atoms with van der Waals surface area (Å²) in [5.41, 5.74) is 3.31. The molecule has 3 atom stereocenters. The van der Waals surface area contributed by atoms with Crippen molar-refractivity contribution in [3.63, 3.8) is 0 Å². The molecule has 0 aromatic heterocycles. The minimum atomic E-state index is -1.74. The summed E-state index contributed by atoms with van der Waals surface area (Å²) in [6.45, 7) is 22.0. The van der Waals surface area contributed by atoms with Crippen LogP contribution in [-0.2, 0) is 9.16 Å². The predicted octanol–water partition coefficient (Wildman–Crippen LogP) is 6.95. The number of methoxy groups -OCH3 is 1. The van der Waals surface area contributed by atoms with Crippen LogP contribution in [0.3, 0.4) is 0 Å². The fraction of sp³-hybridized carbons (Fsp3) is 0.818. The molecule has 1 rings (SSSR count). The molecule has 146 valence electrons. The summed E-state index contributed by atoms with van der Waals surface area (Å²) < 4.78 is 11.9.